The molecule has 0 atom stereocenters. The van der Waals surface area contributed by atoms with E-state index in [1.54, 1.807) is 36.8 Å². The van der Waals surface area contributed by atoms with Crippen molar-refractivity contribution in [2.75, 3.05) is 0 Å². The highest BCUT2D eigenvalue weighted by Gasteiger charge is 2.16. The monoisotopic (exact) mass is 329 g/mol. The van der Waals surface area contributed by atoms with Gasteiger partial charge in [0.05, 0.1) is 5.69 Å². The summed E-state index contributed by atoms with van der Waals surface area (Å²) in [7, 11) is -4.10. The van der Waals surface area contributed by atoms with Gasteiger partial charge < -0.3 is 0 Å². The van der Waals surface area contributed by atoms with Crippen molar-refractivity contribution in [3.63, 3.8) is 0 Å². The number of nitrogens with two attached hydrogens (primary N) is 1. The van der Waals surface area contributed by atoms with Gasteiger partial charge in [-0.15, -0.1) is 0 Å². The fourth-order valence-corrected chi connectivity index (χ4v) is 2.86. The van der Waals surface area contributed by atoms with Crippen LogP contribution in [0.4, 0.5) is 4.39 Å². The van der Waals surface area contributed by atoms with Crippen molar-refractivity contribution in [1.82, 2.24) is 9.97 Å². The number of hydrogen-bond acceptors (Lipinski definition) is 4. The minimum absolute atomic E-state index is 0.502. The van der Waals surface area contributed by atoms with Crippen LogP contribution in [0.25, 0.3) is 22.4 Å². The van der Waals surface area contributed by atoms with Gasteiger partial charge in [0.1, 0.15) is 10.7 Å². The summed E-state index contributed by atoms with van der Waals surface area (Å²) in [5.41, 5.74) is 2.57. The molecule has 5 nitrogen and oxygen atoms in total. The molecular formula is C16H12FN3O2S. The zero-order valence-electron chi connectivity index (χ0n) is 11.8. The molecule has 0 aliphatic carbocycles. The Morgan fingerprint density at radius 1 is 1.00 bits per heavy atom. The summed E-state index contributed by atoms with van der Waals surface area (Å²) in [6.07, 6.45) is 4.93. The Balaban J connectivity index is 2.16. The number of rotatable bonds is 3. The van der Waals surface area contributed by atoms with Crippen molar-refractivity contribution >= 4 is 10.0 Å². The normalized spacial score (nSPS) is 11.4. The topological polar surface area (TPSA) is 85.9 Å². The van der Waals surface area contributed by atoms with Gasteiger partial charge in [0.25, 0.3) is 0 Å². The molecule has 0 aliphatic heterocycles. The lowest BCUT2D eigenvalue weighted by molar-refractivity contribution is 0.568. The Bertz CT molecular complexity index is 960. The number of aromatic nitrogens is 2. The number of nitrogens with zero attached hydrogens (tertiary/aromatic N) is 2. The van der Waals surface area contributed by atoms with Crippen LogP contribution in [-0.4, -0.2) is 18.4 Å². The second-order valence-electron chi connectivity index (χ2n) is 4.83. The maximum atomic E-state index is 14.1. The summed E-state index contributed by atoms with van der Waals surface area (Å²) in [6, 6.07) is 10.9. The lowest BCUT2D eigenvalue weighted by atomic mass is 10.0. The SMILES string of the molecule is NS(=O)(=O)c1ccc(-c2cccnc2-c2cccnc2)cc1F. The molecule has 116 valence electrons. The van der Waals surface area contributed by atoms with Crippen molar-refractivity contribution in [1.29, 1.82) is 0 Å². The van der Waals surface area contributed by atoms with E-state index in [9.17, 15) is 12.8 Å². The third-order valence-electron chi connectivity index (χ3n) is 3.29. The van der Waals surface area contributed by atoms with Gasteiger partial charge in [-0.05, 0) is 35.9 Å². The van der Waals surface area contributed by atoms with E-state index in [1.807, 2.05) is 6.07 Å². The van der Waals surface area contributed by atoms with Crippen LogP contribution >= 0.6 is 0 Å². The van der Waals surface area contributed by atoms with Gasteiger partial charge in [0.2, 0.25) is 10.0 Å². The molecule has 3 rings (SSSR count). The molecule has 0 saturated carbocycles. The minimum Gasteiger partial charge on any atom is -0.264 e. The van der Waals surface area contributed by atoms with Crippen molar-refractivity contribution in [3.8, 4) is 22.4 Å². The maximum absolute atomic E-state index is 14.1. The highest BCUT2D eigenvalue weighted by atomic mass is 32.2. The van der Waals surface area contributed by atoms with Gasteiger partial charge in [0, 0.05) is 29.7 Å². The summed E-state index contributed by atoms with van der Waals surface area (Å²) in [6.45, 7) is 0. The first-order chi connectivity index (χ1) is 11.0. The molecule has 0 amide bonds. The van der Waals surface area contributed by atoms with Crippen LogP contribution in [0.3, 0.4) is 0 Å². The molecule has 2 heterocycles. The Hall–Kier alpha value is -2.64. The first-order valence-electron chi connectivity index (χ1n) is 6.65. The van der Waals surface area contributed by atoms with E-state index in [1.165, 1.54) is 6.07 Å². The fourth-order valence-electron chi connectivity index (χ4n) is 2.27. The van der Waals surface area contributed by atoms with Gasteiger partial charge >= 0.3 is 0 Å². The van der Waals surface area contributed by atoms with Crippen LogP contribution in [-0.2, 0) is 10.0 Å². The molecule has 0 saturated heterocycles. The molecule has 23 heavy (non-hydrogen) atoms. The molecule has 7 heteroatoms. The van der Waals surface area contributed by atoms with Crippen LogP contribution in [0.1, 0.15) is 0 Å². The second-order valence-corrected chi connectivity index (χ2v) is 6.36. The molecule has 0 radical (unpaired) electrons. The van der Waals surface area contributed by atoms with E-state index >= 15 is 0 Å². The zero-order valence-corrected chi connectivity index (χ0v) is 12.7. The van der Waals surface area contributed by atoms with E-state index in [0.29, 0.717) is 16.8 Å². The molecule has 2 aromatic heterocycles. The Morgan fingerprint density at radius 3 is 2.43 bits per heavy atom. The van der Waals surface area contributed by atoms with E-state index in [0.717, 1.165) is 17.7 Å². The van der Waals surface area contributed by atoms with E-state index in [-0.39, 0.29) is 0 Å². The molecule has 0 aliphatic rings. The first-order valence-corrected chi connectivity index (χ1v) is 8.19. The minimum atomic E-state index is -4.10. The van der Waals surface area contributed by atoms with E-state index in [4.69, 9.17) is 5.14 Å². The summed E-state index contributed by atoms with van der Waals surface area (Å²) in [4.78, 5) is 7.84. The third kappa shape index (κ3) is 3.10. The summed E-state index contributed by atoms with van der Waals surface area (Å²) in [5.74, 6) is -0.897. The average molecular weight is 329 g/mol. The van der Waals surface area contributed by atoms with E-state index in [2.05, 4.69) is 9.97 Å². The molecule has 1 aromatic carbocycles. The summed E-state index contributed by atoms with van der Waals surface area (Å²) >= 11 is 0. The number of benzene rings is 1. The van der Waals surface area contributed by atoms with Gasteiger partial charge in [-0.25, -0.2) is 17.9 Å². The van der Waals surface area contributed by atoms with Crippen molar-refractivity contribution in [3.05, 3.63) is 66.9 Å². The van der Waals surface area contributed by atoms with Crippen LogP contribution in [0.2, 0.25) is 0 Å². The molecule has 0 spiro atoms. The molecule has 0 unspecified atom stereocenters. The van der Waals surface area contributed by atoms with Gasteiger partial charge in [-0.1, -0.05) is 12.1 Å². The van der Waals surface area contributed by atoms with Crippen molar-refractivity contribution < 1.29 is 12.8 Å². The van der Waals surface area contributed by atoms with Gasteiger partial charge in [-0.3, -0.25) is 9.97 Å². The predicted octanol–water partition coefficient (Wildman–Crippen LogP) is 2.60. The average Bonchev–Trinajstić information content (AvgIpc) is 2.54. The number of halogens is 1. The lowest BCUT2D eigenvalue weighted by Gasteiger charge is -2.10. The number of hydrogen-bond donors (Lipinski definition) is 1. The quantitative estimate of drug-likeness (QED) is 0.800. The van der Waals surface area contributed by atoms with Crippen LogP contribution in [0.15, 0.2) is 66.0 Å². The van der Waals surface area contributed by atoms with Gasteiger partial charge in [0.15, 0.2) is 0 Å². The van der Waals surface area contributed by atoms with Gasteiger partial charge in [-0.2, -0.15) is 0 Å². The molecule has 3 aromatic rings. The molecule has 0 bridgehead atoms. The van der Waals surface area contributed by atoms with E-state index < -0.39 is 20.7 Å². The molecular weight excluding hydrogens is 317 g/mol. The maximum Gasteiger partial charge on any atom is 0.240 e. The smallest absolute Gasteiger partial charge is 0.240 e. The fraction of sp³-hybridized carbons (Fsp3) is 0. The largest absolute Gasteiger partial charge is 0.264 e. The van der Waals surface area contributed by atoms with Crippen LogP contribution in [0.5, 0.6) is 0 Å². The van der Waals surface area contributed by atoms with Crippen molar-refractivity contribution in [2.24, 2.45) is 5.14 Å². The first kappa shape index (κ1) is 15.3. The molecule has 0 fully saturated rings. The summed E-state index contributed by atoms with van der Waals surface area (Å²) < 4.78 is 36.7. The number of pyridine rings is 2. The standard InChI is InChI=1S/C16H12FN3O2S/c17-14-9-11(5-6-15(14)23(18,21)22)13-4-2-8-20-16(13)12-3-1-7-19-10-12/h1-10H,(H2,18,21,22). The zero-order chi connectivity index (χ0) is 16.4. The Kier molecular flexibility index (Phi) is 3.89. The number of primary sulfonamides is 1. The summed E-state index contributed by atoms with van der Waals surface area (Å²) in [5, 5.41) is 4.98. The third-order valence-corrected chi connectivity index (χ3v) is 4.24. The highest BCUT2D eigenvalue weighted by Crippen LogP contribution is 2.31. The van der Waals surface area contributed by atoms with Crippen molar-refractivity contribution in [2.45, 2.75) is 4.90 Å². The highest BCUT2D eigenvalue weighted by molar-refractivity contribution is 7.89. The van der Waals surface area contributed by atoms with Crippen LogP contribution in [0, 0.1) is 5.82 Å². The second kappa shape index (κ2) is 5.86. The molecule has 2 N–H and O–H groups in total. The number of sulfonamides is 1. The Morgan fingerprint density at radius 2 is 1.78 bits per heavy atom. The Labute approximate surface area is 132 Å². The lowest BCUT2D eigenvalue weighted by Crippen LogP contribution is -2.13. The predicted molar refractivity (Wildman–Crippen MR) is 84.2 cm³/mol. The van der Waals surface area contributed by atoms with Crippen LogP contribution < -0.4 is 5.14 Å².